The average molecular weight is 666 g/mol. The Morgan fingerprint density at radius 2 is 1.47 bits per heavy atom. The Morgan fingerprint density at radius 1 is 0.837 bits per heavy atom. The number of hydrogen-bond donors (Lipinski definition) is 0. The number of piperazine rings is 3. The average Bonchev–Trinajstić information content (AvgIpc) is 3.12. The number of rotatable bonds is 10. The number of fused-ring (bicyclic) bond motifs is 4. The molecule has 3 aliphatic rings. The SMILES string of the molecule is CCN(C(=O)c1cn(-c2ccc(OCc3ccc(C[N+]45CCN(CC4)CC5)cc3)cc2)c2cc(OC)ccc2c1=O)c1cc(F)cc(F)c1. The molecule has 10 heteroatoms. The summed E-state index contributed by atoms with van der Waals surface area (Å²) >= 11 is 0. The summed E-state index contributed by atoms with van der Waals surface area (Å²) in [6, 6.07) is 24.0. The molecule has 8 rings (SSSR count). The van der Waals surface area contributed by atoms with Gasteiger partial charge >= 0.3 is 0 Å². The van der Waals surface area contributed by atoms with Crippen molar-refractivity contribution in [3.63, 3.8) is 0 Å². The molecule has 252 valence electrons. The van der Waals surface area contributed by atoms with Gasteiger partial charge in [-0.2, -0.15) is 0 Å². The Balaban J connectivity index is 1.12. The van der Waals surface area contributed by atoms with Gasteiger partial charge in [-0.05, 0) is 61.0 Å². The highest BCUT2D eigenvalue weighted by Gasteiger charge is 2.38. The zero-order valence-corrected chi connectivity index (χ0v) is 27.7. The largest absolute Gasteiger partial charge is 0.497 e. The van der Waals surface area contributed by atoms with E-state index in [4.69, 9.17) is 9.47 Å². The van der Waals surface area contributed by atoms with E-state index in [1.807, 2.05) is 24.3 Å². The van der Waals surface area contributed by atoms with Crippen molar-refractivity contribution in [3.05, 3.63) is 130 Å². The van der Waals surface area contributed by atoms with E-state index in [0.29, 0.717) is 34.7 Å². The molecule has 3 fully saturated rings. The molecule has 2 bridgehead atoms. The monoisotopic (exact) mass is 665 g/mol. The number of halogens is 2. The summed E-state index contributed by atoms with van der Waals surface area (Å²) in [6.07, 6.45) is 1.47. The van der Waals surface area contributed by atoms with Crippen molar-refractivity contribution in [2.24, 2.45) is 0 Å². The number of nitrogens with zero attached hydrogens (tertiary/aromatic N) is 4. The summed E-state index contributed by atoms with van der Waals surface area (Å²) in [5.74, 6) is -1.09. The molecule has 49 heavy (non-hydrogen) atoms. The van der Waals surface area contributed by atoms with E-state index in [1.165, 1.54) is 67.5 Å². The maximum atomic E-state index is 14.1. The third-order valence-corrected chi connectivity index (χ3v) is 9.90. The minimum Gasteiger partial charge on any atom is -0.497 e. The fourth-order valence-corrected chi connectivity index (χ4v) is 7.05. The maximum Gasteiger partial charge on any atom is 0.263 e. The van der Waals surface area contributed by atoms with Crippen LogP contribution in [0.3, 0.4) is 0 Å². The smallest absolute Gasteiger partial charge is 0.263 e. The Hall–Kier alpha value is -5.06. The first-order valence-electron chi connectivity index (χ1n) is 16.6. The number of carbonyl (C=O) groups excluding carboxylic acids is 1. The maximum absolute atomic E-state index is 14.1. The molecular formula is C39H39F2N4O4+. The van der Waals surface area contributed by atoms with Gasteiger partial charge in [0.05, 0.1) is 32.3 Å². The number of amides is 1. The van der Waals surface area contributed by atoms with Gasteiger partial charge in [0.2, 0.25) is 5.43 Å². The molecule has 0 saturated carbocycles. The van der Waals surface area contributed by atoms with Gasteiger partial charge in [-0.3, -0.25) is 14.5 Å². The van der Waals surface area contributed by atoms with E-state index in [0.717, 1.165) is 30.3 Å². The Kier molecular flexibility index (Phi) is 8.92. The second-order valence-corrected chi connectivity index (χ2v) is 12.9. The quantitative estimate of drug-likeness (QED) is 0.167. The number of benzene rings is 4. The molecule has 0 spiro atoms. The van der Waals surface area contributed by atoms with Crippen molar-refractivity contribution >= 4 is 22.5 Å². The molecule has 0 N–H and O–H groups in total. The van der Waals surface area contributed by atoms with Gasteiger partial charge in [0, 0.05) is 66.8 Å². The fraction of sp³-hybridized carbons (Fsp3) is 0.282. The lowest BCUT2D eigenvalue weighted by atomic mass is 10.1. The molecule has 1 amide bonds. The van der Waals surface area contributed by atoms with Gasteiger partial charge in [0.15, 0.2) is 0 Å². The summed E-state index contributed by atoms with van der Waals surface area (Å²) in [5.41, 5.74) is 3.04. The second-order valence-electron chi connectivity index (χ2n) is 12.9. The van der Waals surface area contributed by atoms with Gasteiger partial charge in [0.1, 0.15) is 41.8 Å². The molecule has 0 unspecified atom stereocenters. The Bertz CT molecular complexity index is 2020. The van der Waals surface area contributed by atoms with E-state index >= 15 is 0 Å². The third-order valence-electron chi connectivity index (χ3n) is 9.90. The van der Waals surface area contributed by atoms with E-state index in [2.05, 4.69) is 29.2 Å². The topological polar surface area (TPSA) is 64.0 Å². The Morgan fingerprint density at radius 3 is 2.10 bits per heavy atom. The van der Waals surface area contributed by atoms with Crippen LogP contribution in [0.2, 0.25) is 0 Å². The first-order valence-corrected chi connectivity index (χ1v) is 16.6. The van der Waals surface area contributed by atoms with E-state index < -0.39 is 23.0 Å². The van der Waals surface area contributed by atoms with Crippen molar-refractivity contribution in [2.75, 3.05) is 57.8 Å². The van der Waals surface area contributed by atoms with Crippen molar-refractivity contribution < 1.29 is 27.5 Å². The molecule has 3 aliphatic heterocycles. The zero-order valence-electron chi connectivity index (χ0n) is 27.7. The molecule has 0 aliphatic carbocycles. The number of methoxy groups -OCH3 is 1. The minimum atomic E-state index is -0.817. The molecule has 5 aromatic rings. The lowest BCUT2D eigenvalue weighted by Crippen LogP contribution is -2.66. The van der Waals surface area contributed by atoms with E-state index in [1.54, 1.807) is 29.7 Å². The van der Waals surface area contributed by atoms with Crippen LogP contribution in [0.25, 0.3) is 16.6 Å². The van der Waals surface area contributed by atoms with Crippen LogP contribution < -0.4 is 19.8 Å². The van der Waals surface area contributed by atoms with Crippen LogP contribution >= 0.6 is 0 Å². The highest BCUT2D eigenvalue weighted by molar-refractivity contribution is 6.07. The first kappa shape index (κ1) is 32.5. The Labute approximate surface area is 283 Å². The summed E-state index contributed by atoms with van der Waals surface area (Å²) in [4.78, 5) is 31.3. The minimum absolute atomic E-state index is 0.0234. The lowest BCUT2D eigenvalue weighted by Gasteiger charge is -2.50. The zero-order chi connectivity index (χ0) is 34.1. The molecule has 0 atom stereocenters. The lowest BCUT2D eigenvalue weighted by molar-refractivity contribution is -0.953. The number of carbonyl (C=O) groups is 1. The summed E-state index contributed by atoms with van der Waals surface area (Å²) in [5, 5.41) is 0.296. The van der Waals surface area contributed by atoms with E-state index in [9.17, 15) is 18.4 Å². The van der Waals surface area contributed by atoms with Crippen LogP contribution in [-0.4, -0.2) is 72.8 Å². The molecule has 4 aromatic carbocycles. The summed E-state index contributed by atoms with van der Waals surface area (Å²) in [6.45, 7) is 10.6. The number of hydrogen-bond acceptors (Lipinski definition) is 5. The molecule has 8 nitrogen and oxygen atoms in total. The van der Waals surface area contributed by atoms with Gasteiger partial charge in [-0.15, -0.1) is 0 Å². The second kappa shape index (κ2) is 13.4. The molecule has 4 heterocycles. The van der Waals surface area contributed by atoms with Crippen molar-refractivity contribution in [1.82, 2.24) is 9.47 Å². The van der Waals surface area contributed by atoms with Gasteiger partial charge in [-0.25, -0.2) is 8.78 Å². The van der Waals surface area contributed by atoms with Crippen molar-refractivity contribution in [1.29, 1.82) is 0 Å². The number of pyridine rings is 1. The molecular weight excluding hydrogens is 626 g/mol. The highest BCUT2D eigenvalue weighted by Crippen LogP contribution is 2.27. The predicted octanol–water partition coefficient (Wildman–Crippen LogP) is 6.17. The van der Waals surface area contributed by atoms with Crippen LogP contribution in [0, 0.1) is 11.6 Å². The van der Waals surface area contributed by atoms with Gasteiger partial charge < -0.3 is 23.4 Å². The van der Waals surface area contributed by atoms with Crippen LogP contribution in [0.1, 0.15) is 28.4 Å². The number of anilines is 1. The number of quaternary nitrogens is 1. The highest BCUT2D eigenvalue weighted by atomic mass is 19.1. The van der Waals surface area contributed by atoms with Crippen molar-refractivity contribution in [3.8, 4) is 17.2 Å². The third kappa shape index (κ3) is 6.66. The van der Waals surface area contributed by atoms with Crippen LogP contribution in [0.5, 0.6) is 11.5 Å². The summed E-state index contributed by atoms with van der Waals surface area (Å²) in [7, 11) is 1.54. The number of ether oxygens (including phenoxy) is 2. The predicted molar refractivity (Wildman–Crippen MR) is 186 cm³/mol. The van der Waals surface area contributed by atoms with Crippen LogP contribution in [-0.2, 0) is 13.2 Å². The number of aromatic nitrogens is 1. The van der Waals surface area contributed by atoms with Gasteiger partial charge in [-0.1, -0.05) is 24.3 Å². The van der Waals surface area contributed by atoms with Crippen LogP contribution in [0.15, 0.2) is 95.9 Å². The molecule has 0 radical (unpaired) electrons. The van der Waals surface area contributed by atoms with E-state index in [-0.39, 0.29) is 17.8 Å². The first-order chi connectivity index (χ1) is 23.7. The normalized spacial score (nSPS) is 18.4. The van der Waals surface area contributed by atoms with Crippen LogP contribution in [0.4, 0.5) is 14.5 Å². The molecule has 3 saturated heterocycles. The fourth-order valence-electron chi connectivity index (χ4n) is 7.05. The standard InChI is InChI=1S/C39H39F2N4O4/c1-3-43(32-21-29(40)20-30(41)22-32)39(47)36-24-44(37-23-34(48-2)12-13-35(37)38(36)46)31-8-10-33(11-9-31)49-26-28-6-4-27(5-7-28)25-45-17-14-42(15-18-45)16-19-45/h4-13,20-24H,3,14-19,25-26H2,1-2H3/q+1. The summed E-state index contributed by atoms with van der Waals surface area (Å²) < 4.78 is 42.6. The molecule has 1 aromatic heterocycles. The van der Waals surface area contributed by atoms with Gasteiger partial charge in [0.25, 0.3) is 5.91 Å². The van der Waals surface area contributed by atoms with Crippen molar-refractivity contribution in [2.45, 2.75) is 20.1 Å².